The normalized spacial score (nSPS) is 14.4. The van der Waals surface area contributed by atoms with Crippen molar-refractivity contribution >= 4 is 28.8 Å². The molecule has 1 aromatic heterocycles. The Morgan fingerprint density at radius 1 is 1.23 bits per heavy atom. The van der Waals surface area contributed by atoms with Crippen molar-refractivity contribution < 1.29 is 9.90 Å². The lowest BCUT2D eigenvalue weighted by Crippen LogP contribution is -2.26. The standard InChI is InChI=1S/C22H26N6O2S/c23-17(8-4-5-9-19-27-28-22(31-19)21(30)25-10-11-29)13-16-14-18(26-20(16)24)12-15-6-2-1-3-7-15/h1-3,6-7,13-14,23,29H,4-5,8-12H2,(H2,24,26)(H,25,30)/b16-13-,23-17?. The van der Waals surface area contributed by atoms with Crippen molar-refractivity contribution in [1.82, 2.24) is 20.8 Å². The van der Waals surface area contributed by atoms with E-state index in [4.69, 9.17) is 15.9 Å². The van der Waals surface area contributed by atoms with Crippen LogP contribution in [0.1, 0.15) is 39.6 Å². The molecule has 162 valence electrons. The molecular formula is C22H26N6O2S. The van der Waals surface area contributed by atoms with E-state index in [2.05, 4.69) is 33.0 Å². The van der Waals surface area contributed by atoms with E-state index in [-0.39, 0.29) is 19.1 Å². The van der Waals surface area contributed by atoms with E-state index < -0.39 is 0 Å². The molecule has 8 nitrogen and oxygen atoms in total. The second-order valence-electron chi connectivity index (χ2n) is 7.14. The number of amides is 1. The molecule has 1 aromatic carbocycles. The molecule has 0 bridgehead atoms. The zero-order valence-corrected chi connectivity index (χ0v) is 18.0. The topological polar surface area (TPSA) is 135 Å². The lowest BCUT2D eigenvalue weighted by atomic mass is 10.1. The average molecular weight is 439 g/mol. The van der Waals surface area contributed by atoms with Gasteiger partial charge >= 0.3 is 0 Å². The van der Waals surface area contributed by atoms with E-state index in [0.29, 0.717) is 29.4 Å². The fraction of sp³-hybridized carbons (Fsp3) is 0.318. The molecule has 2 aromatic rings. The number of allylic oxidation sites excluding steroid dienone is 2. The summed E-state index contributed by atoms with van der Waals surface area (Å²) in [6, 6.07) is 10.1. The third-order valence-corrected chi connectivity index (χ3v) is 5.60. The molecular weight excluding hydrogens is 412 g/mol. The number of aryl methyl sites for hydroxylation is 1. The van der Waals surface area contributed by atoms with E-state index >= 15 is 0 Å². The summed E-state index contributed by atoms with van der Waals surface area (Å²) in [6.07, 6.45) is 7.39. The molecule has 0 atom stereocenters. The molecule has 9 heteroatoms. The van der Waals surface area contributed by atoms with Crippen LogP contribution in [-0.2, 0) is 12.8 Å². The Balaban J connectivity index is 1.42. The summed E-state index contributed by atoms with van der Waals surface area (Å²) >= 11 is 1.25. The summed E-state index contributed by atoms with van der Waals surface area (Å²) in [5.41, 5.74) is 3.36. The Hall–Kier alpha value is -3.17. The Kier molecular flexibility index (Phi) is 8.19. The molecule has 0 unspecified atom stereocenters. The predicted octanol–water partition coefficient (Wildman–Crippen LogP) is 2.63. The molecule has 1 amide bonds. The molecule has 0 aliphatic carbocycles. The SMILES string of the molecule is N=C(/C=C1/C=C(Cc2ccccc2)NC1=N)CCCCc1nnc(C(=O)NCCO)s1. The lowest BCUT2D eigenvalue weighted by molar-refractivity contribution is 0.0943. The monoisotopic (exact) mass is 438 g/mol. The molecule has 31 heavy (non-hydrogen) atoms. The van der Waals surface area contributed by atoms with Crippen LogP contribution in [0.4, 0.5) is 0 Å². The first-order valence-electron chi connectivity index (χ1n) is 10.2. The second-order valence-corrected chi connectivity index (χ2v) is 8.21. The highest BCUT2D eigenvalue weighted by Gasteiger charge is 2.15. The van der Waals surface area contributed by atoms with Crippen molar-refractivity contribution in [2.24, 2.45) is 0 Å². The van der Waals surface area contributed by atoms with Gasteiger partial charge in [-0.05, 0) is 37.0 Å². The first-order valence-corrected chi connectivity index (χ1v) is 11.0. The van der Waals surface area contributed by atoms with Crippen LogP contribution in [0.5, 0.6) is 0 Å². The fourth-order valence-electron chi connectivity index (χ4n) is 3.10. The van der Waals surface area contributed by atoms with Gasteiger partial charge in [0.05, 0.1) is 6.61 Å². The molecule has 5 N–H and O–H groups in total. The number of hydrogen-bond donors (Lipinski definition) is 5. The van der Waals surface area contributed by atoms with E-state index in [1.807, 2.05) is 24.3 Å². The van der Waals surface area contributed by atoms with Gasteiger partial charge < -0.3 is 21.1 Å². The molecule has 0 saturated carbocycles. The summed E-state index contributed by atoms with van der Waals surface area (Å²) in [5.74, 6) is 0.00931. The first-order chi connectivity index (χ1) is 15.0. The molecule has 2 heterocycles. The highest BCUT2D eigenvalue weighted by molar-refractivity contribution is 7.13. The summed E-state index contributed by atoms with van der Waals surface area (Å²) < 4.78 is 0. The Labute approximate surface area is 185 Å². The Morgan fingerprint density at radius 3 is 2.81 bits per heavy atom. The van der Waals surface area contributed by atoms with Gasteiger partial charge in [-0.3, -0.25) is 10.2 Å². The quantitative estimate of drug-likeness (QED) is 0.271. The zero-order valence-electron chi connectivity index (χ0n) is 17.1. The molecule has 1 aliphatic heterocycles. The number of amidine groups is 1. The maximum Gasteiger partial charge on any atom is 0.282 e. The highest BCUT2D eigenvalue weighted by atomic mass is 32.1. The number of carbonyl (C=O) groups excluding carboxylic acids is 1. The van der Waals surface area contributed by atoms with Crippen LogP contribution < -0.4 is 10.6 Å². The molecule has 0 fully saturated rings. The second kappa shape index (κ2) is 11.3. The minimum atomic E-state index is -0.321. The number of carbonyl (C=O) groups is 1. The number of nitrogens with one attached hydrogen (secondary N) is 4. The minimum absolute atomic E-state index is 0.112. The van der Waals surface area contributed by atoms with E-state index in [1.165, 1.54) is 16.9 Å². The smallest absolute Gasteiger partial charge is 0.282 e. The van der Waals surface area contributed by atoms with Gasteiger partial charge in [-0.15, -0.1) is 10.2 Å². The van der Waals surface area contributed by atoms with Gasteiger partial charge in [-0.25, -0.2) is 0 Å². The summed E-state index contributed by atoms with van der Waals surface area (Å²) in [5, 5.41) is 39.7. The molecule has 3 rings (SSSR count). The van der Waals surface area contributed by atoms with Crippen LogP contribution >= 0.6 is 11.3 Å². The van der Waals surface area contributed by atoms with Crippen molar-refractivity contribution in [3.63, 3.8) is 0 Å². The van der Waals surface area contributed by atoms with Crippen LogP contribution in [-0.4, -0.2) is 45.9 Å². The molecule has 0 spiro atoms. The van der Waals surface area contributed by atoms with Crippen LogP contribution in [0.25, 0.3) is 0 Å². The fourth-order valence-corrected chi connectivity index (χ4v) is 3.89. The predicted molar refractivity (Wildman–Crippen MR) is 122 cm³/mol. The van der Waals surface area contributed by atoms with Gasteiger partial charge in [0.25, 0.3) is 5.91 Å². The molecule has 0 saturated heterocycles. The number of aliphatic hydroxyl groups excluding tert-OH is 1. The van der Waals surface area contributed by atoms with E-state index in [9.17, 15) is 4.79 Å². The molecule has 0 radical (unpaired) electrons. The minimum Gasteiger partial charge on any atom is -0.395 e. The maximum absolute atomic E-state index is 11.8. The average Bonchev–Trinajstić information content (AvgIpc) is 3.37. The van der Waals surface area contributed by atoms with Crippen LogP contribution in [0.15, 0.2) is 53.8 Å². The summed E-state index contributed by atoms with van der Waals surface area (Å²) in [4.78, 5) is 11.8. The number of unbranched alkanes of at least 4 members (excludes halogenated alkanes) is 1. The summed E-state index contributed by atoms with van der Waals surface area (Å²) in [7, 11) is 0. The van der Waals surface area contributed by atoms with Crippen molar-refractivity contribution in [3.05, 3.63) is 69.3 Å². The van der Waals surface area contributed by atoms with Crippen LogP contribution in [0.3, 0.4) is 0 Å². The number of benzene rings is 1. The van der Waals surface area contributed by atoms with E-state index in [1.54, 1.807) is 6.08 Å². The van der Waals surface area contributed by atoms with Gasteiger partial charge in [-0.1, -0.05) is 41.7 Å². The largest absolute Gasteiger partial charge is 0.395 e. The van der Waals surface area contributed by atoms with Crippen molar-refractivity contribution in [1.29, 1.82) is 10.8 Å². The Morgan fingerprint density at radius 2 is 2.03 bits per heavy atom. The van der Waals surface area contributed by atoms with E-state index in [0.717, 1.165) is 35.5 Å². The third kappa shape index (κ3) is 6.94. The van der Waals surface area contributed by atoms with Gasteiger partial charge in [0.1, 0.15) is 10.8 Å². The van der Waals surface area contributed by atoms with Crippen molar-refractivity contribution in [2.75, 3.05) is 13.2 Å². The molecule has 1 aliphatic rings. The zero-order chi connectivity index (χ0) is 22.1. The maximum atomic E-state index is 11.8. The van der Waals surface area contributed by atoms with Gasteiger partial charge in [0.2, 0.25) is 5.01 Å². The van der Waals surface area contributed by atoms with Crippen LogP contribution in [0.2, 0.25) is 0 Å². The number of hydrogen-bond acceptors (Lipinski definition) is 7. The van der Waals surface area contributed by atoms with Crippen LogP contribution in [0, 0.1) is 10.8 Å². The Bertz CT molecular complexity index is 996. The van der Waals surface area contributed by atoms with Gasteiger partial charge in [0.15, 0.2) is 0 Å². The van der Waals surface area contributed by atoms with Crippen molar-refractivity contribution in [2.45, 2.75) is 32.1 Å². The number of aromatic nitrogens is 2. The van der Waals surface area contributed by atoms with Gasteiger partial charge in [-0.2, -0.15) is 0 Å². The number of nitrogens with zero attached hydrogens (tertiary/aromatic N) is 2. The number of rotatable bonds is 11. The number of aliphatic hydroxyl groups is 1. The third-order valence-electron chi connectivity index (χ3n) is 4.62. The highest BCUT2D eigenvalue weighted by Crippen LogP contribution is 2.17. The van der Waals surface area contributed by atoms with Gasteiger partial charge in [0, 0.05) is 36.4 Å². The summed E-state index contributed by atoms with van der Waals surface area (Å²) in [6.45, 7) is 0.0838. The lowest BCUT2D eigenvalue weighted by Gasteiger charge is -2.03. The first kappa shape index (κ1) is 22.5. The van der Waals surface area contributed by atoms with Crippen molar-refractivity contribution in [3.8, 4) is 0 Å².